The van der Waals surface area contributed by atoms with E-state index < -0.39 is 0 Å². The Balaban J connectivity index is 2.24. The molecule has 0 aliphatic carbocycles. The minimum absolute atomic E-state index is 0.578. The molecule has 0 atom stereocenters. The fourth-order valence-electron chi connectivity index (χ4n) is 2.55. The summed E-state index contributed by atoms with van der Waals surface area (Å²) < 4.78 is 17.3. The minimum Gasteiger partial charge on any atom is -0.493 e. The van der Waals surface area contributed by atoms with Gasteiger partial charge >= 0.3 is 0 Å². The van der Waals surface area contributed by atoms with Crippen molar-refractivity contribution in [2.75, 3.05) is 21.3 Å². The number of ether oxygens (including phenoxy) is 3. The summed E-state index contributed by atoms with van der Waals surface area (Å²) in [5.74, 6) is 1.81. The molecule has 0 amide bonds. The van der Waals surface area contributed by atoms with E-state index in [-0.39, 0.29) is 0 Å². The number of methoxy groups -OCH3 is 3. The van der Waals surface area contributed by atoms with Crippen LogP contribution in [0.2, 0.25) is 0 Å². The van der Waals surface area contributed by atoms with E-state index in [0.29, 0.717) is 17.2 Å². The number of aromatic nitrogens is 1. The van der Waals surface area contributed by atoms with Gasteiger partial charge in [0, 0.05) is 20.7 Å². The van der Waals surface area contributed by atoms with Crippen molar-refractivity contribution in [3.63, 3.8) is 0 Å². The van der Waals surface area contributed by atoms with Gasteiger partial charge in [-0.1, -0.05) is 24.3 Å². The van der Waals surface area contributed by atoms with Gasteiger partial charge in [0.05, 0.1) is 27.0 Å². The number of fused-ring (bicyclic) bond motifs is 1. The van der Waals surface area contributed by atoms with Gasteiger partial charge in [-0.15, -0.1) is 0 Å². The second-order valence-electron chi connectivity index (χ2n) is 4.92. The first-order valence-electron chi connectivity index (χ1n) is 7.03. The maximum absolute atomic E-state index is 5.43. The van der Waals surface area contributed by atoms with Crippen molar-refractivity contribution in [3.05, 3.63) is 46.2 Å². The third kappa shape index (κ3) is 2.81. The van der Waals surface area contributed by atoms with Crippen LogP contribution in [-0.4, -0.2) is 26.3 Å². The zero-order valence-electron chi connectivity index (χ0n) is 13.1. The number of hydrogen-bond acceptors (Lipinski definition) is 4. The topological polar surface area (TPSA) is 40.6 Å². The molecule has 1 aromatic heterocycles. The Labute approximate surface area is 148 Å². The highest BCUT2D eigenvalue weighted by atomic mass is 127. The Morgan fingerprint density at radius 1 is 0.913 bits per heavy atom. The van der Waals surface area contributed by atoms with Gasteiger partial charge in [-0.3, -0.25) is 4.98 Å². The Kier molecular flexibility index (Phi) is 4.56. The van der Waals surface area contributed by atoms with Crippen LogP contribution in [0.1, 0.15) is 0 Å². The van der Waals surface area contributed by atoms with Gasteiger partial charge in [0.1, 0.15) is 0 Å². The standard InChI is InChI=1S/C18H16INO3/c1-21-14-8-12(9-15(22-2)18(14)23-3)17-16(19)13-7-5-4-6-11(13)10-20-17/h4-10H,1-3H3. The number of benzene rings is 2. The van der Waals surface area contributed by atoms with Crippen molar-refractivity contribution in [1.29, 1.82) is 0 Å². The van der Waals surface area contributed by atoms with Crippen molar-refractivity contribution in [2.45, 2.75) is 0 Å². The first kappa shape index (κ1) is 15.9. The Morgan fingerprint density at radius 2 is 1.57 bits per heavy atom. The molecule has 0 saturated heterocycles. The van der Waals surface area contributed by atoms with Gasteiger partial charge in [0.2, 0.25) is 5.75 Å². The molecule has 0 bridgehead atoms. The lowest BCUT2D eigenvalue weighted by molar-refractivity contribution is 0.324. The molecule has 3 aromatic rings. The summed E-state index contributed by atoms with van der Waals surface area (Å²) in [7, 11) is 4.82. The van der Waals surface area contributed by atoms with E-state index in [9.17, 15) is 0 Å². The van der Waals surface area contributed by atoms with Crippen LogP contribution in [0.15, 0.2) is 42.6 Å². The number of hydrogen-bond donors (Lipinski definition) is 0. The zero-order valence-corrected chi connectivity index (χ0v) is 15.2. The highest BCUT2D eigenvalue weighted by molar-refractivity contribution is 14.1. The molecule has 4 nitrogen and oxygen atoms in total. The fourth-order valence-corrected chi connectivity index (χ4v) is 3.49. The lowest BCUT2D eigenvalue weighted by Crippen LogP contribution is -1.97. The summed E-state index contributed by atoms with van der Waals surface area (Å²) in [6, 6.07) is 12.0. The van der Waals surface area contributed by atoms with Crippen LogP contribution < -0.4 is 14.2 Å². The molecule has 0 radical (unpaired) electrons. The van der Waals surface area contributed by atoms with Gasteiger partial charge in [-0.2, -0.15) is 0 Å². The Bertz CT molecular complexity index is 839. The number of halogens is 1. The molecular weight excluding hydrogens is 405 g/mol. The minimum atomic E-state index is 0.578. The number of rotatable bonds is 4. The van der Waals surface area contributed by atoms with Crippen molar-refractivity contribution < 1.29 is 14.2 Å². The second kappa shape index (κ2) is 6.62. The van der Waals surface area contributed by atoms with Crippen LogP contribution in [0.4, 0.5) is 0 Å². The van der Waals surface area contributed by atoms with E-state index in [4.69, 9.17) is 14.2 Å². The number of nitrogens with zero attached hydrogens (tertiary/aromatic N) is 1. The van der Waals surface area contributed by atoms with E-state index >= 15 is 0 Å². The maximum atomic E-state index is 5.43. The van der Waals surface area contributed by atoms with E-state index in [1.807, 2.05) is 30.5 Å². The van der Waals surface area contributed by atoms with Crippen LogP contribution in [0.5, 0.6) is 17.2 Å². The molecule has 0 fully saturated rings. The molecule has 0 aliphatic heterocycles. The van der Waals surface area contributed by atoms with Crippen LogP contribution in [-0.2, 0) is 0 Å². The zero-order chi connectivity index (χ0) is 16.4. The quantitative estimate of drug-likeness (QED) is 0.581. The monoisotopic (exact) mass is 421 g/mol. The van der Waals surface area contributed by atoms with Crippen molar-refractivity contribution in [1.82, 2.24) is 4.98 Å². The van der Waals surface area contributed by atoms with E-state index in [0.717, 1.165) is 20.2 Å². The summed E-state index contributed by atoms with van der Waals surface area (Å²) in [4.78, 5) is 4.62. The predicted octanol–water partition coefficient (Wildman–Crippen LogP) is 4.53. The molecule has 3 rings (SSSR count). The molecule has 23 heavy (non-hydrogen) atoms. The smallest absolute Gasteiger partial charge is 0.203 e. The van der Waals surface area contributed by atoms with Crippen LogP contribution in [0.25, 0.3) is 22.0 Å². The van der Waals surface area contributed by atoms with Crippen LogP contribution in [0.3, 0.4) is 0 Å². The molecule has 0 aliphatic rings. The lowest BCUT2D eigenvalue weighted by atomic mass is 10.1. The van der Waals surface area contributed by atoms with Crippen LogP contribution >= 0.6 is 22.6 Å². The first-order valence-corrected chi connectivity index (χ1v) is 8.11. The van der Waals surface area contributed by atoms with Crippen molar-refractivity contribution in [2.24, 2.45) is 0 Å². The summed E-state index contributed by atoms with van der Waals surface area (Å²) >= 11 is 2.33. The van der Waals surface area contributed by atoms with Gasteiger partial charge < -0.3 is 14.2 Å². The molecule has 5 heteroatoms. The Hall–Kier alpha value is -2.02. The highest BCUT2D eigenvalue weighted by Gasteiger charge is 2.17. The van der Waals surface area contributed by atoms with Gasteiger partial charge in [-0.05, 0) is 40.1 Å². The maximum Gasteiger partial charge on any atom is 0.203 e. The molecule has 1 heterocycles. The second-order valence-corrected chi connectivity index (χ2v) is 6.00. The highest BCUT2D eigenvalue weighted by Crippen LogP contribution is 2.42. The largest absolute Gasteiger partial charge is 0.493 e. The molecule has 0 saturated carbocycles. The molecule has 0 spiro atoms. The molecular formula is C18H16INO3. The van der Waals surface area contributed by atoms with Gasteiger partial charge in [0.15, 0.2) is 11.5 Å². The van der Waals surface area contributed by atoms with Crippen molar-refractivity contribution >= 4 is 33.4 Å². The predicted molar refractivity (Wildman–Crippen MR) is 99.6 cm³/mol. The van der Waals surface area contributed by atoms with Crippen molar-refractivity contribution in [3.8, 4) is 28.5 Å². The third-order valence-corrected chi connectivity index (χ3v) is 4.77. The van der Waals surface area contributed by atoms with E-state index in [2.05, 4.69) is 39.7 Å². The fraction of sp³-hybridized carbons (Fsp3) is 0.167. The molecule has 118 valence electrons. The normalized spacial score (nSPS) is 10.6. The van der Waals surface area contributed by atoms with E-state index in [1.54, 1.807) is 21.3 Å². The summed E-state index contributed by atoms with van der Waals surface area (Å²) in [5, 5.41) is 2.29. The molecule has 0 unspecified atom stereocenters. The molecule has 0 N–H and O–H groups in total. The first-order chi connectivity index (χ1) is 11.2. The third-order valence-electron chi connectivity index (χ3n) is 3.68. The SMILES string of the molecule is COc1cc(-c2ncc3ccccc3c2I)cc(OC)c1OC. The molecule has 2 aromatic carbocycles. The van der Waals surface area contributed by atoms with Gasteiger partial charge in [0.25, 0.3) is 0 Å². The summed E-state index contributed by atoms with van der Waals surface area (Å²) in [6.45, 7) is 0. The average molecular weight is 421 g/mol. The Morgan fingerprint density at radius 3 is 2.17 bits per heavy atom. The number of pyridine rings is 1. The van der Waals surface area contributed by atoms with Crippen LogP contribution in [0, 0.1) is 3.57 Å². The van der Waals surface area contributed by atoms with Gasteiger partial charge in [-0.25, -0.2) is 0 Å². The summed E-state index contributed by atoms with van der Waals surface area (Å²) in [5.41, 5.74) is 1.82. The summed E-state index contributed by atoms with van der Waals surface area (Å²) in [6.07, 6.45) is 1.88. The lowest BCUT2D eigenvalue weighted by Gasteiger charge is -2.15. The average Bonchev–Trinajstić information content (AvgIpc) is 2.61. The van der Waals surface area contributed by atoms with E-state index in [1.165, 1.54) is 5.39 Å².